The molecule has 0 saturated carbocycles. The number of carbonyl (C=O) groups excluding carboxylic acids is 1. The lowest BCUT2D eigenvalue weighted by Crippen LogP contribution is -2.38. The van der Waals surface area contributed by atoms with Crippen LogP contribution >= 0.6 is 35.0 Å². The quantitative estimate of drug-likeness (QED) is 0.769. The zero-order valence-electron chi connectivity index (χ0n) is 12.9. The Morgan fingerprint density at radius 1 is 1.33 bits per heavy atom. The zero-order chi connectivity index (χ0) is 17.5. The third-order valence-electron chi connectivity index (χ3n) is 3.93. The van der Waals surface area contributed by atoms with E-state index >= 15 is 0 Å². The van der Waals surface area contributed by atoms with Crippen molar-refractivity contribution in [3.8, 4) is 0 Å². The number of sulfone groups is 1. The van der Waals surface area contributed by atoms with E-state index in [0.29, 0.717) is 33.7 Å². The summed E-state index contributed by atoms with van der Waals surface area (Å²) in [6, 6.07) is 4.79. The molecule has 130 valence electrons. The number of rotatable bonds is 3. The van der Waals surface area contributed by atoms with Crippen molar-refractivity contribution in [2.75, 3.05) is 16.4 Å². The van der Waals surface area contributed by atoms with Gasteiger partial charge in [-0.2, -0.15) is 4.99 Å². The number of benzene rings is 1. The second-order valence-electron chi connectivity index (χ2n) is 5.78. The Balaban J connectivity index is 2.07. The van der Waals surface area contributed by atoms with Crippen molar-refractivity contribution in [1.82, 2.24) is 0 Å². The summed E-state index contributed by atoms with van der Waals surface area (Å²) >= 11 is 13.9. The van der Waals surface area contributed by atoms with E-state index in [1.165, 1.54) is 11.8 Å². The molecule has 1 amide bonds. The molecule has 0 radical (unpaired) electrons. The van der Waals surface area contributed by atoms with Gasteiger partial charge in [-0.25, -0.2) is 8.42 Å². The number of anilines is 1. The number of fused-ring (bicyclic) bond motifs is 1. The van der Waals surface area contributed by atoms with Crippen molar-refractivity contribution < 1.29 is 13.2 Å². The molecule has 0 N–H and O–H groups in total. The predicted molar refractivity (Wildman–Crippen MR) is 100 cm³/mol. The smallest absolute Gasteiger partial charge is 0.248 e. The number of aliphatic imine (C=N–C) groups is 1. The first-order valence-corrected chi connectivity index (χ1v) is 11.0. The highest BCUT2D eigenvalue weighted by Gasteiger charge is 2.50. The van der Waals surface area contributed by atoms with Gasteiger partial charge in [-0.05, 0) is 18.6 Å². The molecule has 2 atom stereocenters. The second kappa shape index (κ2) is 6.86. The molecular formula is C15H16Cl2N2O3S2. The Bertz CT molecular complexity index is 791. The Morgan fingerprint density at radius 2 is 2.00 bits per heavy atom. The van der Waals surface area contributed by atoms with Gasteiger partial charge in [0.25, 0.3) is 0 Å². The first kappa shape index (κ1) is 18.0. The second-order valence-corrected chi connectivity index (χ2v) is 9.95. The number of carbonyl (C=O) groups is 1. The monoisotopic (exact) mass is 406 g/mol. The number of nitrogens with zero attached hydrogens (tertiary/aromatic N) is 2. The summed E-state index contributed by atoms with van der Waals surface area (Å²) < 4.78 is 24.0. The van der Waals surface area contributed by atoms with Crippen LogP contribution in [0.2, 0.25) is 10.0 Å². The SMILES string of the molecule is CCCC(=O)N=C1S[C@H]2CS(=O)(=O)C[C@@H]2N1c1c(Cl)cccc1Cl. The fraction of sp³-hybridized carbons (Fsp3) is 0.467. The molecule has 5 nitrogen and oxygen atoms in total. The van der Waals surface area contributed by atoms with Crippen LogP contribution in [0.1, 0.15) is 19.8 Å². The first-order valence-electron chi connectivity index (χ1n) is 7.54. The normalized spacial score (nSPS) is 26.8. The Labute approximate surface area is 155 Å². The maximum Gasteiger partial charge on any atom is 0.248 e. The summed E-state index contributed by atoms with van der Waals surface area (Å²) in [7, 11) is -3.12. The molecule has 3 rings (SSSR count). The molecule has 2 aliphatic rings. The van der Waals surface area contributed by atoms with Gasteiger partial charge >= 0.3 is 0 Å². The molecule has 0 bridgehead atoms. The van der Waals surface area contributed by atoms with E-state index in [2.05, 4.69) is 4.99 Å². The maximum atomic E-state index is 12.0. The van der Waals surface area contributed by atoms with Crippen LogP contribution in [-0.4, -0.2) is 42.3 Å². The van der Waals surface area contributed by atoms with E-state index in [0.717, 1.165) is 0 Å². The molecule has 24 heavy (non-hydrogen) atoms. The number of halogens is 2. The Hall–Kier alpha value is -0.760. The number of amides is 1. The molecule has 9 heteroatoms. The molecule has 0 aromatic heterocycles. The largest absolute Gasteiger partial charge is 0.313 e. The standard InChI is InChI=1S/C15H16Cl2N2O3S2/c1-2-4-13(20)18-15-19(14-9(16)5-3-6-10(14)17)11-7-24(21,22)8-12(11)23-15/h3,5-6,11-12H,2,4,7-8H2,1H3/t11-,12-/m0/s1. The lowest BCUT2D eigenvalue weighted by Gasteiger charge is -2.26. The minimum absolute atomic E-state index is 0.00715. The number of para-hydroxylation sites is 1. The molecule has 0 aliphatic carbocycles. The van der Waals surface area contributed by atoms with E-state index in [1.807, 2.05) is 6.92 Å². The van der Waals surface area contributed by atoms with Crippen molar-refractivity contribution in [2.45, 2.75) is 31.1 Å². The minimum atomic E-state index is -3.12. The van der Waals surface area contributed by atoms with Crippen LogP contribution in [0.3, 0.4) is 0 Å². The van der Waals surface area contributed by atoms with E-state index in [-0.39, 0.29) is 28.7 Å². The van der Waals surface area contributed by atoms with Crippen molar-refractivity contribution in [3.05, 3.63) is 28.2 Å². The number of amidine groups is 1. The van der Waals surface area contributed by atoms with Gasteiger partial charge in [0.1, 0.15) is 0 Å². The number of hydrogen-bond acceptors (Lipinski definition) is 4. The molecule has 2 heterocycles. The Morgan fingerprint density at radius 3 is 2.62 bits per heavy atom. The molecule has 1 aromatic carbocycles. The van der Waals surface area contributed by atoms with Crippen molar-refractivity contribution in [2.24, 2.45) is 4.99 Å². The third kappa shape index (κ3) is 3.45. The predicted octanol–water partition coefficient (Wildman–Crippen LogP) is 3.39. The molecule has 1 aromatic rings. The lowest BCUT2D eigenvalue weighted by molar-refractivity contribution is -0.117. The first-order chi connectivity index (χ1) is 11.3. The van der Waals surface area contributed by atoms with Gasteiger partial charge in [-0.3, -0.25) is 4.79 Å². The number of hydrogen-bond donors (Lipinski definition) is 0. The summed E-state index contributed by atoms with van der Waals surface area (Å²) in [6.07, 6.45) is 1.05. The van der Waals surface area contributed by atoms with Crippen molar-refractivity contribution >= 4 is 61.6 Å². The topological polar surface area (TPSA) is 66.8 Å². The van der Waals surface area contributed by atoms with E-state index in [1.54, 1.807) is 23.1 Å². The van der Waals surface area contributed by atoms with Gasteiger partial charge < -0.3 is 4.90 Å². The van der Waals surface area contributed by atoms with Gasteiger partial charge in [0, 0.05) is 11.7 Å². The van der Waals surface area contributed by atoms with Crippen molar-refractivity contribution in [3.63, 3.8) is 0 Å². The number of thioether (sulfide) groups is 1. The molecule has 0 unspecified atom stereocenters. The summed E-state index contributed by atoms with van der Waals surface area (Å²) in [6.45, 7) is 1.91. The average molecular weight is 407 g/mol. The highest BCUT2D eigenvalue weighted by atomic mass is 35.5. The fourth-order valence-electron chi connectivity index (χ4n) is 2.92. The molecular weight excluding hydrogens is 391 g/mol. The van der Waals surface area contributed by atoms with Gasteiger partial charge in [0.2, 0.25) is 5.91 Å². The fourth-order valence-corrected chi connectivity index (χ4v) is 7.42. The van der Waals surface area contributed by atoms with Gasteiger partial charge in [0.15, 0.2) is 15.0 Å². The maximum absolute atomic E-state index is 12.0. The molecule has 2 aliphatic heterocycles. The highest BCUT2D eigenvalue weighted by molar-refractivity contribution is 8.16. The molecule has 2 fully saturated rings. The summed E-state index contributed by atoms with van der Waals surface area (Å²) in [4.78, 5) is 17.9. The average Bonchev–Trinajstić information content (AvgIpc) is 2.92. The van der Waals surface area contributed by atoms with Crippen molar-refractivity contribution in [1.29, 1.82) is 0 Å². The molecule has 0 spiro atoms. The van der Waals surface area contributed by atoms with Gasteiger partial charge in [-0.1, -0.05) is 48.0 Å². The zero-order valence-corrected chi connectivity index (χ0v) is 16.1. The lowest BCUT2D eigenvalue weighted by atomic mass is 10.2. The van der Waals surface area contributed by atoms with Crippen LogP contribution in [0.25, 0.3) is 0 Å². The van der Waals surface area contributed by atoms with Crippen LogP contribution in [0, 0.1) is 0 Å². The highest BCUT2D eigenvalue weighted by Crippen LogP contribution is 2.45. The van der Waals surface area contributed by atoms with E-state index < -0.39 is 9.84 Å². The van der Waals surface area contributed by atoms with E-state index in [9.17, 15) is 13.2 Å². The minimum Gasteiger partial charge on any atom is -0.313 e. The summed E-state index contributed by atoms with van der Waals surface area (Å²) in [5, 5.41) is 1.12. The third-order valence-corrected chi connectivity index (χ3v) is 7.75. The van der Waals surface area contributed by atoms with E-state index in [4.69, 9.17) is 23.2 Å². The van der Waals surface area contributed by atoms with Crippen LogP contribution < -0.4 is 4.90 Å². The van der Waals surface area contributed by atoms with Crippen LogP contribution in [0.4, 0.5) is 5.69 Å². The Kier molecular flexibility index (Phi) is 5.16. The van der Waals surface area contributed by atoms with Crippen LogP contribution in [-0.2, 0) is 14.6 Å². The van der Waals surface area contributed by atoms with Crippen LogP contribution in [0.5, 0.6) is 0 Å². The molecule has 2 saturated heterocycles. The summed E-state index contributed by atoms with van der Waals surface area (Å²) in [5.74, 6) is -0.147. The van der Waals surface area contributed by atoms with Gasteiger partial charge in [0.05, 0.1) is 33.3 Å². The van der Waals surface area contributed by atoms with Crippen LogP contribution in [0.15, 0.2) is 23.2 Å². The summed E-state index contributed by atoms with van der Waals surface area (Å²) in [5.41, 5.74) is 0.515. The van der Waals surface area contributed by atoms with Gasteiger partial charge in [-0.15, -0.1) is 0 Å².